The Kier molecular flexibility index (Phi) is 4.27. The van der Waals surface area contributed by atoms with Crippen LogP contribution in [0.1, 0.15) is 24.2 Å². The minimum absolute atomic E-state index is 0.472. The van der Waals surface area contributed by atoms with Gasteiger partial charge in [0, 0.05) is 34.8 Å². The molecule has 2 aromatic rings. The Bertz CT molecular complexity index is 540. The maximum atomic E-state index is 10.2. The molecule has 5 heteroatoms. The van der Waals surface area contributed by atoms with Crippen LogP contribution in [-0.4, -0.2) is 14.9 Å². The van der Waals surface area contributed by atoms with Gasteiger partial charge in [0.1, 0.15) is 0 Å². The van der Waals surface area contributed by atoms with Crippen molar-refractivity contribution in [3.8, 4) is 0 Å². The van der Waals surface area contributed by atoms with Gasteiger partial charge in [-0.15, -0.1) is 0 Å². The van der Waals surface area contributed by atoms with Crippen LogP contribution >= 0.6 is 23.2 Å². The van der Waals surface area contributed by atoms with Crippen LogP contribution in [0, 0.1) is 0 Å². The zero-order valence-corrected chi connectivity index (χ0v) is 11.5. The van der Waals surface area contributed by atoms with Gasteiger partial charge in [-0.3, -0.25) is 4.68 Å². The van der Waals surface area contributed by atoms with E-state index in [0.29, 0.717) is 22.0 Å². The Balaban J connectivity index is 2.16. The molecule has 0 bridgehead atoms. The normalized spacial score (nSPS) is 12.7. The predicted octanol–water partition coefficient (Wildman–Crippen LogP) is 3.49. The summed E-state index contributed by atoms with van der Waals surface area (Å²) in [6.45, 7) is 2.83. The van der Waals surface area contributed by atoms with Gasteiger partial charge < -0.3 is 5.11 Å². The largest absolute Gasteiger partial charge is 0.388 e. The summed E-state index contributed by atoms with van der Waals surface area (Å²) in [5, 5.41) is 15.4. The molecule has 0 aliphatic carbocycles. The maximum Gasteiger partial charge on any atom is 0.0846 e. The summed E-state index contributed by atoms with van der Waals surface area (Å²) in [4.78, 5) is 0. The fourth-order valence-corrected chi connectivity index (χ4v) is 2.21. The summed E-state index contributed by atoms with van der Waals surface area (Å²) in [6.07, 6.45) is 3.47. The van der Waals surface area contributed by atoms with Crippen LogP contribution in [-0.2, 0) is 13.0 Å². The van der Waals surface area contributed by atoms with Crippen molar-refractivity contribution < 1.29 is 5.11 Å². The molecular weight excluding hydrogens is 271 g/mol. The molecule has 18 heavy (non-hydrogen) atoms. The van der Waals surface area contributed by atoms with Crippen LogP contribution in [0.2, 0.25) is 10.0 Å². The van der Waals surface area contributed by atoms with Crippen molar-refractivity contribution in [2.45, 2.75) is 26.0 Å². The van der Waals surface area contributed by atoms with E-state index in [9.17, 15) is 5.11 Å². The van der Waals surface area contributed by atoms with Crippen molar-refractivity contribution in [3.05, 3.63) is 51.8 Å². The second kappa shape index (κ2) is 5.74. The number of rotatable bonds is 4. The highest BCUT2D eigenvalue weighted by atomic mass is 35.5. The molecule has 96 valence electrons. The number of aliphatic hydroxyl groups is 1. The van der Waals surface area contributed by atoms with E-state index in [0.717, 1.165) is 12.1 Å². The lowest BCUT2D eigenvalue weighted by atomic mass is 10.0. The Morgan fingerprint density at radius 2 is 2.17 bits per heavy atom. The molecule has 1 atom stereocenters. The minimum Gasteiger partial charge on any atom is -0.388 e. The van der Waals surface area contributed by atoms with Gasteiger partial charge in [0.05, 0.1) is 12.3 Å². The summed E-state index contributed by atoms with van der Waals surface area (Å²) in [6, 6.07) is 5.09. The van der Waals surface area contributed by atoms with E-state index in [1.54, 1.807) is 24.4 Å². The van der Waals surface area contributed by atoms with Crippen molar-refractivity contribution in [1.29, 1.82) is 0 Å². The topological polar surface area (TPSA) is 38.0 Å². The molecular formula is C13H14Cl2N2O. The van der Waals surface area contributed by atoms with Gasteiger partial charge in [-0.1, -0.05) is 23.2 Å². The third kappa shape index (κ3) is 3.05. The molecule has 0 aliphatic heterocycles. The van der Waals surface area contributed by atoms with Crippen LogP contribution in [0.3, 0.4) is 0 Å². The van der Waals surface area contributed by atoms with Gasteiger partial charge in [0.15, 0.2) is 0 Å². The molecule has 0 fully saturated rings. The number of hydrogen-bond acceptors (Lipinski definition) is 2. The van der Waals surface area contributed by atoms with Crippen LogP contribution < -0.4 is 0 Å². The molecule has 0 amide bonds. The Labute approximate surface area is 116 Å². The fourth-order valence-electron chi connectivity index (χ4n) is 1.79. The highest BCUT2D eigenvalue weighted by Gasteiger charge is 2.13. The first kappa shape index (κ1) is 13.4. The summed E-state index contributed by atoms with van der Waals surface area (Å²) >= 11 is 12.0. The number of hydrogen-bond donors (Lipinski definition) is 1. The summed E-state index contributed by atoms with van der Waals surface area (Å²) in [5.74, 6) is 0. The zero-order valence-electron chi connectivity index (χ0n) is 9.98. The number of halogens is 2. The zero-order chi connectivity index (χ0) is 13.1. The molecule has 0 saturated carbocycles. The monoisotopic (exact) mass is 284 g/mol. The summed E-state index contributed by atoms with van der Waals surface area (Å²) in [5.41, 5.74) is 1.62. The number of aryl methyl sites for hydroxylation is 1. The van der Waals surface area contributed by atoms with Gasteiger partial charge in [0.2, 0.25) is 0 Å². The predicted molar refractivity (Wildman–Crippen MR) is 73.0 cm³/mol. The van der Waals surface area contributed by atoms with Gasteiger partial charge >= 0.3 is 0 Å². The quantitative estimate of drug-likeness (QED) is 0.933. The van der Waals surface area contributed by atoms with E-state index in [1.807, 2.05) is 17.8 Å². The summed E-state index contributed by atoms with van der Waals surface area (Å²) < 4.78 is 1.82. The van der Waals surface area contributed by atoms with E-state index in [4.69, 9.17) is 23.2 Å². The Morgan fingerprint density at radius 1 is 1.39 bits per heavy atom. The number of aliphatic hydroxyl groups excluding tert-OH is 1. The average molecular weight is 285 g/mol. The molecule has 0 radical (unpaired) electrons. The minimum atomic E-state index is -0.675. The Hall–Kier alpha value is -1.03. The molecule has 2 rings (SSSR count). The molecule has 1 aromatic carbocycles. The highest BCUT2D eigenvalue weighted by Crippen LogP contribution is 2.28. The van der Waals surface area contributed by atoms with Crippen molar-refractivity contribution >= 4 is 23.2 Å². The Morgan fingerprint density at radius 3 is 2.83 bits per heavy atom. The van der Waals surface area contributed by atoms with Crippen molar-refractivity contribution in [1.82, 2.24) is 9.78 Å². The van der Waals surface area contributed by atoms with Gasteiger partial charge in [-0.05, 0) is 30.7 Å². The lowest BCUT2D eigenvalue weighted by Crippen LogP contribution is -2.02. The smallest absolute Gasteiger partial charge is 0.0846 e. The lowest BCUT2D eigenvalue weighted by Gasteiger charge is -2.12. The van der Waals surface area contributed by atoms with Crippen LogP contribution in [0.25, 0.3) is 0 Å². The fraction of sp³-hybridized carbons (Fsp3) is 0.308. The summed E-state index contributed by atoms with van der Waals surface area (Å²) in [7, 11) is 0. The van der Waals surface area contributed by atoms with Crippen LogP contribution in [0.15, 0.2) is 30.6 Å². The number of nitrogens with zero attached hydrogens (tertiary/aromatic N) is 2. The van der Waals surface area contributed by atoms with Crippen molar-refractivity contribution in [2.75, 3.05) is 0 Å². The van der Waals surface area contributed by atoms with Gasteiger partial charge in [-0.2, -0.15) is 5.10 Å². The van der Waals surface area contributed by atoms with Crippen molar-refractivity contribution in [2.24, 2.45) is 0 Å². The van der Waals surface area contributed by atoms with E-state index in [2.05, 4.69) is 5.10 Å². The van der Waals surface area contributed by atoms with Crippen LogP contribution in [0.4, 0.5) is 0 Å². The SMILES string of the molecule is CCn1cc(CC(O)c2cc(Cl)ccc2Cl)cn1. The molecule has 0 spiro atoms. The van der Waals surface area contributed by atoms with E-state index < -0.39 is 6.10 Å². The maximum absolute atomic E-state index is 10.2. The highest BCUT2D eigenvalue weighted by molar-refractivity contribution is 6.33. The van der Waals surface area contributed by atoms with Crippen LogP contribution in [0.5, 0.6) is 0 Å². The second-order valence-corrected chi connectivity index (χ2v) is 4.93. The first-order chi connectivity index (χ1) is 8.60. The molecule has 1 heterocycles. The van der Waals surface area contributed by atoms with Gasteiger partial charge in [-0.25, -0.2) is 0 Å². The lowest BCUT2D eigenvalue weighted by molar-refractivity contribution is 0.178. The average Bonchev–Trinajstić information content (AvgIpc) is 2.80. The third-order valence-corrected chi connectivity index (χ3v) is 3.34. The van der Waals surface area contributed by atoms with Gasteiger partial charge in [0.25, 0.3) is 0 Å². The van der Waals surface area contributed by atoms with E-state index in [-0.39, 0.29) is 0 Å². The molecule has 1 aromatic heterocycles. The van der Waals surface area contributed by atoms with E-state index in [1.165, 1.54) is 0 Å². The molecule has 1 N–H and O–H groups in total. The first-order valence-electron chi connectivity index (χ1n) is 5.74. The molecule has 1 unspecified atom stereocenters. The molecule has 0 aliphatic rings. The standard InChI is InChI=1S/C13H14Cl2N2O/c1-2-17-8-9(7-16-17)5-13(18)11-6-10(14)3-4-12(11)15/h3-4,6-8,13,18H,2,5H2,1H3. The first-order valence-corrected chi connectivity index (χ1v) is 6.50. The number of benzene rings is 1. The van der Waals surface area contributed by atoms with E-state index >= 15 is 0 Å². The molecule has 0 saturated heterocycles. The second-order valence-electron chi connectivity index (χ2n) is 4.09. The van der Waals surface area contributed by atoms with Crippen molar-refractivity contribution in [3.63, 3.8) is 0 Å². The third-order valence-electron chi connectivity index (χ3n) is 2.76. The number of aromatic nitrogens is 2. The molecule has 3 nitrogen and oxygen atoms in total.